The number of aliphatic imine (C=N–C) groups is 1. The van der Waals surface area contributed by atoms with E-state index < -0.39 is 0 Å². The maximum atomic E-state index is 5.90. The molecule has 0 fully saturated rings. The van der Waals surface area contributed by atoms with Gasteiger partial charge in [-0.25, -0.2) is 4.99 Å². The van der Waals surface area contributed by atoms with Gasteiger partial charge in [-0.15, -0.1) is 0 Å². The molecular formula is C17H20BrN3. The second-order valence-corrected chi connectivity index (χ2v) is 5.85. The summed E-state index contributed by atoms with van der Waals surface area (Å²) in [7, 11) is 0. The summed E-state index contributed by atoms with van der Waals surface area (Å²) in [4.78, 5) is 4.38. The number of guanidine groups is 1. The second kappa shape index (κ2) is 7.84. The molecule has 0 aliphatic heterocycles. The Morgan fingerprint density at radius 2 is 1.95 bits per heavy atom. The minimum absolute atomic E-state index is 0.494. The minimum Gasteiger partial charge on any atom is -0.370 e. The van der Waals surface area contributed by atoms with E-state index in [1.54, 1.807) is 0 Å². The summed E-state index contributed by atoms with van der Waals surface area (Å²) in [6.07, 6.45) is 0.939. The van der Waals surface area contributed by atoms with Gasteiger partial charge in [-0.2, -0.15) is 0 Å². The lowest BCUT2D eigenvalue weighted by Gasteiger charge is -2.07. The first kappa shape index (κ1) is 15.6. The molecule has 0 heterocycles. The molecule has 2 aromatic rings. The molecule has 3 N–H and O–H groups in total. The summed E-state index contributed by atoms with van der Waals surface area (Å²) < 4.78 is 1.08. The molecular weight excluding hydrogens is 326 g/mol. The Balaban J connectivity index is 1.81. The summed E-state index contributed by atoms with van der Waals surface area (Å²) in [5, 5.41) is 3.15. The molecule has 0 atom stereocenters. The molecule has 0 spiro atoms. The molecule has 0 saturated carbocycles. The lowest BCUT2D eigenvalue weighted by Crippen LogP contribution is -2.33. The Bertz CT molecular complexity index is 609. The van der Waals surface area contributed by atoms with Crippen molar-refractivity contribution in [2.45, 2.75) is 19.9 Å². The Morgan fingerprint density at radius 1 is 1.19 bits per heavy atom. The summed E-state index contributed by atoms with van der Waals surface area (Å²) >= 11 is 3.46. The first-order valence-electron chi connectivity index (χ1n) is 6.98. The lowest BCUT2D eigenvalue weighted by atomic mass is 10.1. The third-order valence-electron chi connectivity index (χ3n) is 3.29. The van der Waals surface area contributed by atoms with E-state index in [4.69, 9.17) is 5.73 Å². The molecule has 2 rings (SSSR count). The van der Waals surface area contributed by atoms with E-state index >= 15 is 0 Å². The average molecular weight is 346 g/mol. The molecule has 0 aromatic heterocycles. The van der Waals surface area contributed by atoms with E-state index in [1.807, 2.05) is 24.3 Å². The van der Waals surface area contributed by atoms with E-state index in [-0.39, 0.29) is 0 Å². The lowest BCUT2D eigenvalue weighted by molar-refractivity contribution is 0.847. The highest BCUT2D eigenvalue weighted by molar-refractivity contribution is 9.10. The maximum Gasteiger partial charge on any atom is 0.188 e. The van der Waals surface area contributed by atoms with Crippen LogP contribution in [0.15, 0.2) is 58.0 Å². The van der Waals surface area contributed by atoms with Gasteiger partial charge in [0, 0.05) is 11.0 Å². The molecule has 0 radical (unpaired) electrons. The SMILES string of the molecule is Cc1cc(Br)ccc1CN=C(N)NCCc1ccccc1. The number of halogens is 1. The molecule has 21 heavy (non-hydrogen) atoms. The van der Waals surface area contributed by atoms with Crippen molar-refractivity contribution in [2.24, 2.45) is 10.7 Å². The molecule has 0 saturated heterocycles. The van der Waals surface area contributed by atoms with Crippen LogP contribution in [0.1, 0.15) is 16.7 Å². The van der Waals surface area contributed by atoms with E-state index in [1.165, 1.54) is 16.7 Å². The van der Waals surface area contributed by atoms with Crippen LogP contribution in [0.4, 0.5) is 0 Å². The van der Waals surface area contributed by atoms with Gasteiger partial charge >= 0.3 is 0 Å². The van der Waals surface area contributed by atoms with Crippen molar-refractivity contribution in [1.29, 1.82) is 0 Å². The Hall–Kier alpha value is -1.81. The number of rotatable bonds is 5. The number of hydrogen-bond acceptors (Lipinski definition) is 1. The van der Waals surface area contributed by atoms with Crippen molar-refractivity contribution in [3.05, 3.63) is 69.7 Å². The zero-order chi connectivity index (χ0) is 15.1. The van der Waals surface area contributed by atoms with Gasteiger partial charge in [0.15, 0.2) is 5.96 Å². The predicted molar refractivity (Wildman–Crippen MR) is 92.4 cm³/mol. The number of benzene rings is 2. The summed E-state index contributed by atoms with van der Waals surface area (Å²) in [6.45, 7) is 3.47. The topological polar surface area (TPSA) is 50.4 Å². The van der Waals surface area contributed by atoms with E-state index in [0.717, 1.165) is 17.4 Å². The van der Waals surface area contributed by atoms with Crippen LogP contribution in [0.3, 0.4) is 0 Å². The van der Waals surface area contributed by atoms with Gasteiger partial charge in [0.05, 0.1) is 6.54 Å². The Kier molecular flexibility index (Phi) is 5.81. The van der Waals surface area contributed by atoms with Crippen molar-refractivity contribution in [2.75, 3.05) is 6.54 Å². The number of nitrogens with two attached hydrogens (primary N) is 1. The van der Waals surface area contributed by atoms with Crippen LogP contribution < -0.4 is 11.1 Å². The van der Waals surface area contributed by atoms with Gasteiger partial charge in [0.2, 0.25) is 0 Å². The van der Waals surface area contributed by atoms with Gasteiger partial charge in [-0.05, 0) is 42.2 Å². The van der Waals surface area contributed by atoms with Gasteiger partial charge in [-0.1, -0.05) is 52.3 Å². The Morgan fingerprint density at radius 3 is 2.67 bits per heavy atom. The third kappa shape index (κ3) is 5.23. The number of hydrogen-bond donors (Lipinski definition) is 2. The molecule has 110 valence electrons. The van der Waals surface area contributed by atoms with Crippen LogP contribution >= 0.6 is 15.9 Å². The molecule has 0 aliphatic carbocycles. The molecule has 4 heteroatoms. The molecule has 0 bridgehead atoms. The van der Waals surface area contributed by atoms with Crippen molar-refractivity contribution in [1.82, 2.24) is 5.32 Å². The second-order valence-electron chi connectivity index (χ2n) is 4.93. The fraction of sp³-hybridized carbons (Fsp3) is 0.235. The van der Waals surface area contributed by atoms with E-state index in [9.17, 15) is 0 Å². The normalized spacial score (nSPS) is 11.4. The first-order chi connectivity index (χ1) is 10.1. The number of nitrogens with zero attached hydrogens (tertiary/aromatic N) is 1. The standard InChI is InChI=1S/C17H20BrN3/c1-13-11-16(18)8-7-15(13)12-21-17(19)20-10-9-14-5-3-2-4-6-14/h2-8,11H,9-10,12H2,1H3,(H3,19,20,21). The predicted octanol–water partition coefficient (Wildman–Crippen LogP) is 3.40. The van der Waals surface area contributed by atoms with Crippen LogP contribution in [-0.4, -0.2) is 12.5 Å². The smallest absolute Gasteiger partial charge is 0.188 e. The monoisotopic (exact) mass is 345 g/mol. The number of aryl methyl sites for hydroxylation is 1. The summed E-state index contributed by atoms with van der Waals surface area (Å²) in [5.41, 5.74) is 9.59. The van der Waals surface area contributed by atoms with Crippen LogP contribution in [0.5, 0.6) is 0 Å². The number of nitrogens with one attached hydrogen (secondary N) is 1. The first-order valence-corrected chi connectivity index (χ1v) is 7.77. The van der Waals surface area contributed by atoms with Crippen LogP contribution in [0, 0.1) is 6.92 Å². The molecule has 0 unspecified atom stereocenters. The quantitative estimate of drug-likeness (QED) is 0.644. The summed E-state index contributed by atoms with van der Waals surface area (Å²) in [6, 6.07) is 16.5. The van der Waals surface area contributed by atoms with Crippen LogP contribution in [0.25, 0.3) is 0 Å². The molecule has 0 aliphatic rings. The average Bonchev–Trinajstić information content (AvgIpc) is 2.47. The van der Waals surface area contributed by atoms with Gasteiger partial charge in [0.1, 0.15) is 0 Å². The maximum absolute atomic E-state index is 5.90. The fourth-order valence-electron chi connectivity index (χ4n) is 2.04. The van der Waals surface area contributed by atoms with Crippen LogP contribution in [-0.2, 0) is 13.0 Å². The zero-order valence-corrected chi connectivity index (χ0v) is 13.7. The minimum atomic E-state index is 0.494. The van der Waals surface area contributed by atoms with Gasteiger partial charge in [-0.3, -0.25) is 0 Å². The molecule has 3 nitrogen and oxygen atoms in total. The molecule has 0 amide bonds. The van der Waals surface area contributed by atoms with Gasteiger partial charge in [0.25, 0.3) is 0 Å². The van der Waals surface area contributed by atoms with E-state index in [2.05, 4.69) is 57.4 Å². The highest BCUT2D eigenvalue weighted by atomic mass is 79.9. The van der Waals surface area contributed by atoms with Crippen molar-refractivity contribution in [3.8, 4) is 0 Å². The van der Waals surface area contributed by atoms with Crippen molar-refractivity contribution >= 4 is 21.9 Å². The third-order valence-corrected chi connectivity index (χ3v) is 3.78. The van der Waals surface area contributed by atoms with Crippen LogP contribution in [0.2, 0.25) is 0 Å². The van der Waals surface area contributed by atoms with E-state index in [0.29, 0.717) is 12.5 Å². The van der Waals surface area contributed by atoms with Gasteiger partial charge < -0.3 is 11.1 Å². The largest absolute Gasteiger partial charge is 0.370 e. The summed E-state index contributed by atoms with van der Waals surface area (Å²) in [5.74, 6) is 0.494. The molecule has 2 aromatic carbocycles. The zero-order valence-electron chi connectivity index (χ0n) is 12.1. The van der Waals surface area contributed by atoms with Crippen molar-refractivity contribution < 1.29 is 0 Å². The highest BCUT2D eigenvalue weighted by Gasteiger charge is 1.99. The fourth-order valence-corrected chi connectivity index (χ4v) is 2.52. The van der Waals surface area contributed by atoms with Crippen molar-refractivity contribution in [3.63, 3.8) is 0 Å². The highest BCUT2D eigenvalue weighted by Crippen LogP contribution is 2.16. The Labute approximate surface area is 134 Å².